The Morgan fingerprint density at radius 2 is 1.80 bits per heavy atom. The van der Waals surface area contributed by atoms with E-state index in [2.05, 4.69) is 15.9 Å². The Kier molecular flexibility index (Phi) is 5.01. The van der Waals surface area contributed by atoms with Crippen molar-refractivity contribution >= 4 is 27.6 Å². The van der Waals surface area contributed by atoms with Crippen LogP contribution in [0.1, 0.15) is 5.56 Å². The minimum absolute atomic E-state index is 0.131. The highest BCUT2D eigenvalue weighted by molar-refractivity contribution is 9.10. The van der Waals surface area contributed by atoms with Gasteiger partial charge in [-0.1, -0.05) is 34.1 Å². The summed E-state index contributed by atoms with van der Waals surface area (Å²) in [6.45, 7) is 0.0831. The van der Waals surface area contributed by atoms with E-state index in [4.69, 9.17) is 15.2 Å². The molecule has 0 saturated carbocycles. The third-order valence-electron chi connectivity index (χ3n) is 2.58. The van der Waals surface area contributed by atoms with Crippen LogP contribution in [0.2, 0.25) is 0 Å². The molecule has 0 fully saturated rings. The first-order chi connectivity index (χ1) is 9.65. The first-order valence-electron chi connectivity index (χ1n) is 6.02. The number of ether oxygens (including phenoxy) is 2. The van der Waals surface area contributed by atoms with Crippen molar-refractivity contribution in [2.45, 2.75) is 6.61 Å². The predicted molar refractivity (Wildman–Crippen MR) is 80.3 cm³/mol. The van der Waals surface area contributed by atoms with E-state index in [9.17, 15) is 4.79 Å². The van der Waals surface area contributed by atoms with Crippen molar-refractivity contribution in [3.8, 4) is 5.75 Å². The van der Waals surface area contributed by atoms with Gasteiger partial charge in [-0.2, -0.15) is 0 Å². The van der Waals surface area contributed by atoms with Crippen LogP contribution in [0.25, 0.3) is 0 Å². The minimum Gasteiger partial charge on any atom is -0.482 e. The van der Waals surface area contributed by atoms with Gasteiger partial charge >= 0.3 is 5.97 Å². The van der Waals surface area contributed by atoms with Crippen LogP contribution in [0.3, 0.4) is 0 Å². The lowest BCUT2D eigenvalue weighted by atomic mass is 10.2. The van der Waals surface area contributed by atoms with Crippen molar-refractivity contribution in [2.75, 3.05) is 12.3 Å². The smallest absolute Gasteiger partial charge is 0.344 e. The third kappa shape index (κ3) is 4.28. The van der Waals surface area contributed by atoms with Crippen molar-refractivity contribution in [3.05, 3.63) is 58.6 Å². The molecule has 0 aliphatic carbocycles. The van der Waals surface area contributed by atoms with E-state index in [1.807, 2.05) is 24.3 Å². The summed E-state index contributed by atoms with van der Waals surface area (Å²) in [6, 6.07) is 14.4. The average molecular weight is 336 g/mol. The van der Waals surface area contributed by atoms with Crippen LogP contribution in [0, 0.1) is 0 Å². The Bertz CT molecular complexity index is 584. The summed E-state index contributed by atoms with van der Waals surface area (Å²) in [6.07, 6.45) is 0. The molecular weight excluding hydrogens is 322 g/mol. The molecule has 2 aromatic rings. The molecule has 0 aromatic heterocycles. The van der Waals surface area contributed by atoms with Gasteiger partial charge < -0.3 is 15.2 Å². The quantitative estimate of drug-likeness (QED) is 0.673. The van der Waals surface area contributed by atoms with Gasteiger partial charge in [-0.25, -0.2) is 4.79 Å². The number of carbonyl (C=O) groups excluding carboxylic acids is 1. The lowest BCUT2D eigenvalue weighted by Gasteiger charge is -2.08. The molecule has 0 aliphatic rings. The maximum absolute atomic E-state index is 11.6. The lowest BCUT2D eigenvalue weighted by molar-refractivity contribution is -0.147. The summed E-state index contributed by atoms with van der Waals surface area (Å²) >= 11 is 3.39. The van der Waals surface area contributed by atoms with Gasteiger partial charge in [0.2, 0.25) is 0 Å². The molecule has 0 atom stereocenters. The lowest BCUT2D eigenvalue weighted by Crippen LogP contribution is -2.14. The van der Waals surface area contributed by atoms with Crippen LogP contribution in [0.4, 0.5) is 5.69 Å². The summed E-state index contributed by atoms with van der Waals surface area (Å²) in [7, 11) is 0. The first-order valence-corrected chi connectivity index (χ1v) is 6.82. The van der Waals surface area contributed by atoms with E-state index in [0.717, 1.165) is 10.0 Å². The number of benzene rings is 2. The topological polar surface area (TPSA) is 61.5 Å². The van der Waals surface area contributed by atoms with Crippen molar-refractivity contribution < 1.29 is 14.3 Å². The zero-order valence-electron chi connectivity index (χ0n) is 10.7. The highest BCUT2D eigenvalue weighted by Gasteiger charge is 2.06. The highest BCUT2D eigenvalue weighted by Crippen LogP contribution is 2.17. The average Bonchev–Trinajstić information content (AvgIpc) is 2.46. The Labute approximate surface area is 125 Å². The Hall–Kier alpha value is -2.01. The maximum Gasteiger partial charge on any atom is 0.344 e. The fourth-order valence-corrected chi connectivity index (χ4v) is 1.92. The molecule has 0 amide bonds. The van der Waals surface area contributed by atoms with Gasteiger partial charge in [-0.15, -0.1) is 0 Å². The number of hydrogen-bond acceptors (Lipinski definition) is 4. The first kappa shape index (κ1) is 14.4. The second-order valence-corrected chi connectivity index (χ2v) is 4.96. The summed E-state index contributed by atoms with van der Waals surface area (Å²) in [4.78, 5) is 11.6. The number of halogens is 1. The molecule has 0 heterocycles. The maximum atomic E-state index is 11.6. The van der Waals surface area contributed by atoms with Crippen molar-refractivity contribution in [1.82, 2.24) is 0 Å². The van der Waals surface area contributed by atoms with Gasteiger partial charge in [0.05, 0.1) is 0 Å². The summed E-state index contributed by atoms with van der Waals surface area (Å²) in [5, 5.41) is 0. The molecule has 4 nitrogen and oxygen atoms in total. The molecule has 0 aliphatic heterocycles. The third-order valence-corrected chi connectivity index (χ3v) is 3.36. The zero-order chi connectivity index (χ0) is 14.4. The molecule has 20 heavy (non-hydrogen) atoms. The fourth-order valence-electron chi connectivity index (χ4n) is 1.52. The van der Waals surface area contributed by atoms with Crippen molar-refractivity contribution in [1.29, 1.82) is 0 Å². The van der Waals surface area contributed by atoms with Gasteiger partial charge in [0.25, 0.3) is 0 Å². The fraction of sp³-hybridized carbons (Fsp3) is 0.133. The summed E-state index contributed by atoms with van der Waals surface area (Å²) in [5.74, 6) is 0.162. The molecule has 0 radical (unpaired) electrons. The van der Waals surface area contributed by atoms with Crippen molar-refractivity contribution in [3.63, 3.8) is 0 Å². The van der Waals surface area contributed by atoms with Gasteiger partial charge in [-0.3, -0.25) is 0 Å². The zero-order valence-corrected chi connectivity index (χ0v) is 12.3. The van der Waals surface area contributed by atoms with Crippen LogP contribution in [-0.4, -0.2) is 12.6 Å². The van der Waals surface area contributed by atoms with Gasteiger partial charge in [0.15, 0.2) is 6.61 Å². The molecule has 0 unspecified atom stereocenters. The molecule has 0 spiro atoms. The number of carbonyl (C=O) groups is 1. The molecule has 104 valence electrons. The second-order valence-electron chi connectivity index (χ2n) is 4.11. The minimum atomic E-state index is -0.419. The predicted octanol–water partition coefficient (Wildman–Crippen LogP) is 3.15. The van der Waals surface area contributed by atoms with E-state index in [1.54, 1.807) is 24.3 Å². The molecule has 2 N–H and O–H groups in total. The monoisotopic (exact) mass is 335 g/mol. The number of anilines is 1. The highest BCUT2D eigenvalue weighted by atomic mass is 79.9. The normalized spacial score (nSPS) is 10.1. The van der Waals surface area contributed by atoms with Crippen LogP contribution in [-0.2, 0) is 16.1 Å². The van der Waals surface area contributed by atoms with Gasteiger partial charge in [-0.05, 0) is 30.3 Å². The molecule has 0 bridgehead atoms. The molecule has 5 heteroatoms. The number of nitrogens with two attached hydrogens (primary N) is 1. The van der Waals surface area contributed by atoms with E-state index in [1.165, 1.54) is 0 Å². The second kappa shape index (κ2) is 6.96. The van der Waals surface area contributed by atoms with Gasteiger partial charge in [0.1, 0.15) is 12.4 Å². The Balaban J connectivity index is 1.78. The number of esters is 1. The van der Waals surface area contributed by atoms with Crippen LogP contribution < -0.4 is 10.5 Å². The van der Waals surface area contributed by atoms with Gasteiger partial charge in [0, 0.05) is 15.7 Å². The van der Waals surface area contributed by atoms with E-state index in [-0.39, 0.29) is 13.2 Å². The molecule has 2 aromatic carbocycles. The number of hydrogen-bond donors (Lipinski definition) is 1. The molecular formula is C15H14BrNO3. The number of nitrogen functional groups attached to an aromatic ring is 1. The summed E-state index contributed by atoms with van der Waals surface area (Å²) < 4.78 is 11.3. The van der Waals surface area contributed by atoms with Crippen LogP contribution in [0.5, 0.6) is 5.75 Å². The molecule has 0 saturated heterocycles. The van der Waals surface area contributed by atoms with E-state index < -0.39 is 5.97 Å². The Morgan fingerprint density at radius 1 is 1.10 bits per heavy atom. The van der Waals surface area contributed by atoms with E-state index in [0.29, 0.717) is 11.4 Å². The van der Waals surface area contributed by atoms with E-state index >= 15 is 0 Å². The largest absolute Gasteiger partial charge is 0.482 e. The van der Waals surface area contributed by atoms with Crippen molar-refractivity contribution in [2.24, 2.45) is 0 Å². The van der Waals surface area contributed by atoms with Crippen LogP contribution >= 0.6 is 15.9 Å². The summed E-state index contributed by atoms with van der Waals surface area (Å²) in [5.41, 5.74) is 7.11. The SMILES string of the molecule is Nc1ccc(OCC(=O)OCc2ccccc2Br)cc1. The Morgan fingerprint density at radius 3 is 2.50 bits per heavy atom. The number of rotatable bonds is 5. The standard InChI is InChI=1S/C15H14BrNO3/c16-14-4-2-1-3-11(14)9-20-15(18)10-19-13-7-5-12(17)6-8-13/h1-8H,9-10,17H2. The van der Waals surface area contributed by atoms with Crippen LogP contribution in [0.15, 0.2) is 53.0 Å². The molecule has 2 rings (SSSR count).